The fourth-order valence-electron chi connectivity index (χ4n) is 1.20. The predicted octanol–water partition coefficient (Wildman–Crippen LogP) is -0.300. The highest BCUT2D eigenvalue weighted by molar-refractivity contribution is 7.89. The molecule has 0 saturated carbocycles. The molecule has 0 aromatic carbocycles. The van der Waals surface area contributed by atoms with Gasteiger partial charge in [0.1, 0.15) is 0 Å². The molecule has 2 N–H and O–H groups in total. The third-order valence-corrected chi connectivity index (χ3v) is 2.73. The van der Waals surface area contributed by atoms with Crippen molar-refractivity contribution in [2.75, 3.05) is 12.4 Å². The summed E-state index contributed by atoms with van der Waals surface area (Å²) >= 11 is 0. The van der Waals surface area contributed by atoms with Gasteiger partial charge >= 0.3 is 0 Å². The van der Waals surface area contributed by atoms with Crippen molar-refractivity contribution in [3.8, 4) is 0 Å². The van der Waals surface area contributed by atoms with Crippen molar-refractivity contribution in [2.24, 2.45) is 11.1 Å². The molecule has 2 unspecified atom stereocenters. The second kappa shape index (κ2) is 3.08. The first-order chi connectivity index (χ1) is 4.99. The Morgan fingerprint density at radius 3 is 2.64 bits per heavy atom. The van der Waals surface area contributed by atoms with Crippen LogP contribution in [0.25, 0.3) is 0 Å². The molecular weight excluding hydrogens is 166 g/mol. The first kappa shape index (κ1) is 8.96. The van der Waals surface area contributed by atoms with E-state index in [0.29, 0.717) is 12.5 Å². The van der Waals surface area contributed by atoms with E-state index in [1.54, 1.807) is 0 Å². The van der Waals surface area contributed by atoms with E-state index in [4.69, 9.17) is 9.88 Å². The van der Waals surface area contributed by atoms with E-state index < -0.39 is 10.0 Å². The molecule has 1 fully saturated rings. The van der Waals surface area contributed by atoms with Gasteiger partial charge in [-0.3, -0.25) is 0 Å². The van der Waals surface area contributed by atoms with Crippen LogP contribution in [0.2, 0.25) is 0 Å². The fourth-order valence-corrected chi connectivity index (χ4v) is 2.08. The molecule has 0 amide bonds. The first-order valence-corrected chi connectivity index (χ1v) is 5.32. The molecule has 1 heterocycles. The lowest BCUT2D eigenvalue weighted by molar-refractivity contribution is 0.111. The summed E-state index contributed by atoms with van der Waals surface area (Å²) < 4.78 is 26.4. The second-order valence-electron chi connectivity index (χ2n) is 3.00. The van der Waals surface area contributed by atoms with E-state index >= 15 is 0 Å². The topological polar surface area (TPSA) is 69.4 Å². The molecule has 5 heteroatoms. The molecule has 0 radical (unpaired) electrons. The molecule has 1 rings (SSSR count). The van der Waals surface area contributed by atoms with Gasteiger partial charge in [-0.1, -0.05) is 6.92 Å². The van der Waals surface area contributed by atoms with Gasteiger partial charge in [0.05, 0.1) is 11.9 Å². The van der Waals surface area contributed by atoms with E-state index in [0.717, 1.165) is 6.42 Å². The van der Waals surface area contributed by atoms with Gasteiger partial charge in [0, 0.05) is 6.61 Å². The van der Waals surface area contributed by atoms with Gasteiger partial charge in [-0.05, 0) is 12.3 Å². The Kier molecular flexibility index (Phi) is 2.51. The van der Waals surface area contributed by atoms with Gasteiger partial charge < -0.3 is 4.74 Å². The van der Waals surface area contributed by atoms with Crippen molar-refractivity contribution in [3.63, 3.8) is 0 Å². The van der Waals surface area contributed by atoms with Gasteiger partial charge in [-0.2, -0.15) is 0 Å². The summed E-state index contributed by atoms with van der Waals surface area (Å²) in [5.74, 6) is 0.266. The summed E-state index contributed by atoms with van der Waals surface area (Å²) in [7, 11) is -3.37. The number of ether oxygens (including phenoxy) is 1. The second-order valence-corrected chi connectivity index (χ2v) is 4.66. The van der Waals surface area contributed by atoms with E-state index in [-0.39, 0.29) is 11.9 Å². The summed E-state index contributed by atoms with van der Waals surface area (Å²) in [4.78, 5) is 0. The zero-order valence-corrected chi connectivity index (χ0v) is 7.30. The molecule has 0 aliphatic carbocycles. The molecule has 1 saturated heterocycles. The van der Waals surface area contributed by atoms with Crippen LogP contribution in [0, 0.1) is 5.92 Å². The zero-order valence-electron chi connectivity index (χ0n) is 6.49. The highest BCUT2D eigenvalue weighted by Gasteiger charge is 2.27. The highest BCUT2D eigenvalue weighted by atomic mass is 32.2. The van der Waals surface area contributed by atoms with Crippen LogP contribution in [0.5, 0.6) is 0 Å². The molecule has 0 spiro atoms. The molecule has 0 aromatic heterocycles. The Morgan fingerprint density at radius 2 is 2.27 bits per heavy atom. The summed E-state index contributed by atoms with van der Waals surface area (Å²) in [5.41, 5.74) is 0. The molecule has 66 valence electrons. The van der Waals surface area contributed by atoms with Crippen LogP contribution in [0.4, 0.5) is 0 Å². The normalized spacial score (nSPS) is 32.5. The summed E-state index contributed by atoms with van der Waals surface area (Å²) in [6.45, 7) is 2.63. The molecule has 1 aliphatic heterocycles. The predicted molar refractivity (Wildman–Crippen MR) is 41.5 cm³/mol. The minimum absolute atomic E-state index is 0.0475. The third-order valence-electron chi connectivity index (χ3n) is 1.94. The SMILES string of the molecule is CC1CCOC1CS(N)(=O)=O. The summed E-state index contributed by atoms with van der Waals surface area (Å²) in [6, 6.07) is 0. The van der Waals surface area contributed by atoms with Crippen LogP contribution in [-0.4, -0.2) is 26.9 Å². The summed E-state index contributed by atoms with van der Waals surface area (Å²) in [5, 5.41) is 4.87. The number of rotatable bonds is 2. The number of sulfonamides is 1. The van der Waals surface area contributed by atoms with Crippen LogP contribution >= 0.6 is 0 Å². The standard InChI is InChI=1S/C6H13NO3S/c1-5-2-3-10-6(5)4-11(7,8)9/h5-6H,2-4H2,1H3,(H2,7,8,9). The van der Waals surface area contributed by atoms with Crippen molar-refractivity contribution in [2.45, 2.75) is 19.4 Å². The molecule has 0 bridgehead atoms. The van der Waals surface area contributed by atoms with Crippen molar-refractivity contribution in [3.05, 3.63) is 0 Å². The smallest absolute Gasteiger partial charge is 0.211 e. The number of hydrogen-bond donors (Lipinski definition) is 1. The monoisotopic (exact) mass is 179 g/mol. The summed E-state index contributed by atoms with van der Waals surface area (Å²) in [6.07, 6.45) is 0.741. The van der Waals surface area contributed by atoms with Gasteiger partial charge in [-0.25, -0.2) is 13.6 Å². The fraction of sp³-hybridized carbons (Fsp3) is 1.00. The Balaban J connectivity index is 2.50. The number of nitrogens with two attached hydrogens (primary N) is 1. The van der Waals surface area contributed by atoms with Gasteiger partial charge in [0.2, 0.25) is 10.0 Å². The highest BCUT2D eigenvalue weighted by Crippen LogP contribution is 2.20. The zero-order chi connectivity index (χ0) is 8.48. The minimum Gasteiger partial charge on any atom is -0.377 e. The quantitative estimate of drug-likeness (QED) is 0.632. The Hall–Kier alpha value is -0.130. The third kappa shape index (κ3) is 2.76. The lowest BCUT2D eigenvalue weighted by Gasteiger charge is -2.11. The van der Waals surface area contributed by atoms with Crippen LogP contribution in [0.3, 0.4) is 0 Å². The largest absolute Gasteiger partial charge is 0.377 e. The van der Waals surface area contributed by atoms with Crippen molar-refractivity contribution in [1.29, 1.82) is 0 Å². The number of primary sulfonamides is 1. The van der Waals surface area contributed by atoms with E-state index in [2.05, 4.69) is 0 Å². The first-order valence-electron chi connectivity index (χ1n) is 3.61. The van der Waals surface area contributed by atoms with Crippen LogP contribution in [0.1, 0.15) is 13.3 Å². The molecule has 4 nitrogen and oxygen atoms in total. The van der Waals surface area contributed by atoms with Crippen molar-refractivity contribution in [1.82, 2.24) is 0 Å². The molecule has 0 aromatic rings. The molecule has 1 aliphatic rings. The van der Waals surface area contributed by atoms with Crippen LogP contribution in [0.15, 0.2) is 0 Å². The Bertz CT molecular complexity index is 224. The van der Waals surface area contributed by atoms with Crippen molar-refractivity contribution >= 4 is 10.0 Å². The lowest BCUT2D eigenvalue weighted by Crippen LogP contribution is -2.29. The average molecular weight is 179 g/mol. The average Bonchev–Trinajstić information content (AvgIpc) is 2.12. The maximum Gasteiger partial charge on any atom is 0.211 e. The minimum atomic E-state index is -3.37. The lowest BCUT2D eigenvalue weighted by atomic mass is 10.1. The van der Waals surface area contributed by atoms with Crippen molar-refractivity contribution < 1.29 is 13.2 Å². The molecular formula is C6H13NO3S. The van der Waals surface area contributed by atoms with Crippen LogP contribution < -0.4 is 5.14 Å². The molecule has 2 atom stereocenters. The maximum absolute atomic E-state index is 10.6. The van der Waals surface area contributed by atoms with Crippen LogP contribution in [-0.2, 0) is 14.8 Å². The Morgan fingerprint density at radius 1 is 1.64 bits per heavy atom. The van der Waals surface area contributed by atoms with Gasteiger partial charge in [-0.15, -0.1) is 0 Å². The van der Waals surface area contributed by atoms with E-state index in [1.165, 1.54) is 0 Å². The maximum atomic E-state index is 10.6. The van der Waals surface area contributed by atoms with Gasteiger partial charge in [0.15, 0.2) is 0 Å². The Labute approximate surface area is 66.8 Å². The molecule has 11 heavy (non-hydrogen) atoms. The van der Waals surface area contributed by atoms with E-state index in [1.807, 2.05) is 6.92 Å². The number of hydrogen-bond acceptors (Lipinski definition) is 3. The van der Waals surface area contributed by atoms with Gasteiger partial charge in [0.25, 0.3) is 0 Å². The van der Waals surface area contributed by atoms with E-state index in [9.17, 15) is 8.42 Å².